The predicted octanol–water partition coefficient (Wildman–Crippen LogP) is 3.23. The molecule has 2 heterocycles. The van der Waals surface area contributed by atoms with Crippen molar-refractivity contribution in [2.24, 2.45) is 0 Å². The highest BCUT2D eigenvalue weighted by atomic mass is 79.9. The molecule has 1 aromatic carbocycles. The number of benzene rings is 1. The lowest BCUT2D eigenvalue weighted by Gasteiger charge is -2.07. The fourth-order valence-corrected chi connectivity index (χ4v) is 2.11. The maximum atomic E-state index is 13.8. The highest BCUT2D eigenvalue weighted by molar-refractivity contribution is 9.10. The van der Waals surface area contributed by atoms with Crippen molar-refractivity contribution in [3.63, 3.8) is 0 Å². The van der Waals surface area contributed by atoms with E-state index in [4.69, 9.17) is 0 Å². The number of para-hydroxylation sites is 1. The molecule has 19 heavy (non-hydrogen) atoms. The van der Waals surface area contributed by atoms with Crippen molar-refractivity contribution in [2.75, 3.05) is 0 Å². The van der Waals surface area contributed by atoms with Crippen LogP contribution in [0.3, 0.4) is 0 Å². The van der Waals surface area contributed by atoms with Crippen molar-refractivity contribution >= 4 is 15.9 Å². The van der Waals surface area contributed by atoms with E-state index in [1.165, 1.54) is 12.4 Å². The third-order valence-corrected chi connectivity index (χ3v) is 3.05. The van der Waals surface area contributed by atoms with Gasteiger partial charge in [-0.1, -0.05) is 18.2 Å². The van der Waals surface area contributed by atoms with E-state index in [1.807, 2.05) is 12.1 Å². The van der Waals surface area contributed by atoms with Crippen LogP contribution in [0.25, 0.3) is 17.2 Å². The Bertz CT molecular complexity index is 726. The average Bonchev–Trinajstić information content (AvgIpc) is 2.88. The molecule has 94 valence electrons. The lowest BCUT2D eigenvalue weighted by Crippen LogP contribution is -2.00. The molecule has 0 atom stereocenters. The molecule has 0 unspecified atom stereocenters. The number of hydrogen-bond acceptors (Lipinski definition) is 3. The van der Waals surface area contributed by atoms with Crippen molar-refractivity contribution < 1.29 is 4.39 Å². The zero-order chi connectivity index (χ0) is 13.2. The minimum Gasteiger partial charge on any atom is -0.277 e. The third kappa shape index (κ3) is 2.26. The largest absolute Gasteiger partial charge is 0.277 e. The van der Waals surface area contributed by atoms with E-state index in [0.717, 1.165) is 0 Å². The fourth-order valence-electron chi connectivity index (χ4n) is 1.77. The second-order valence-corrected chi connectivity index (χ2v) is 4.63. The van der Waals surface area contributed by atoms with Crippen LogP contribution in [0.2, 0.25) is 0 Å². The van der Waals surface area contributed by atoms with Gasteiger partial charge in [0.25, 0.3) is 0 Å². The second-order valence-electron chi connectivity index (χ2n) is 3.82. The molecule has 0 amide bonds. The van der Waals surface area contributed by atoms with E-state index in [1.54, 1.807) is 28.8 Å². The van der Waals surface area contributed by atoms with E-state index in [0.29, 0.717) is 21.8 Å². The van der Waals surface area contributed by atoms with Gasteiger partial charge in [-0.15, -0.1) is 10.2 Å². The Morgan fingerprint density at radius 2 is 1.89 bits per heavy atom. The van der Waals surface area contributed by atoms with Crippen molar-refractivity contribution in [1.29, 1.82) is 0 Å². The van der Waals surface area contributed by atoms with Gasteiger partial charge in [-0.2, -0.15) is 0 Å². The van der Waals surface area contributed by atoms with Crippen molar-refractivity contribution in [2.45, 2.75) is 0 Å². The number of hydrogen-bond donors (Lipinski definition) is 0. The van der Waals surface area contributed by atoms with Gasteiger partial charge < -0.3 is 0 Å². The van der Waals surface area contributed by atoms with Gasteiger partial charge in [-0.05, 0) is 40.2 Å². The molecule has 0 bridgehead atoms. The molecule has 0 spiro atoms. The average molecular weight is 319 g/mol. The Kier molecular flexibility index (Phi) is 3.08. The molecule has 6 heteroatoms. The van der Waals surface area contributed by atoms with Crippen molar-refractivity contribution in [3.05, 3.63) is 59.2 Å². The SMILES string of the molecule is Fc1ccccc1-n1cnnc1-c1cccc(Br)n1. The molecule has 2 aromatic heterocycles. The van der Waals surface area contributed by atoms with Gasteiger partial charge in [0, 0.05) is 0 Å². The summed E-state index contributed by atoms with van der Waals surface area (Å²) in [7, 11) is 0. The molecule has 0 N–H and O–H groups in total. The topological polar surface area (TPSA) is 43.6 Å². The molecule has 0 saturated heterocycles. The highest BCUT2D eigenvalue weighted by Crippen LogP contribution is 2.21. The summed E-state index contributed by atoms with van der Waals surface area (Å²) >= 11 is 3.30. The summed E-state index contributed by atoms with van der Waals surface area (Å²) in [4.78, 5) is 4.30. The third-order valence-electron chi connectivity index (χ3n) is 2.60. The van der Waals surface area contributed by atoms with E-state index >= 15 is 0 Å². The number of aromatic nitrogens is 4. The quantitative estimate of drug-likeness (QED) is 0.681. The highest BCUT2D eigenvalue weighted by Gasteiger charge is 2.13. The molecular weight excluding hydrogens is 311 g/mol. The normalized spacial score (nSPS) is 10.6. The predicted molar refractivity (Wildman–Crippen MR) is 72.2 cm³/mol. The zero-order valence-electron chi connectivity index (χ0n) is 9.66. The smallest absolute Gasteiger partial charge is 0.187 e. The zero-order valence-corrected chi connectivity index (χ0v) is 11.2. The van der Waals surface area contributed by atoms with Gasteiger partial charge in [0.2, 0.25) is 0 Å². The number of pyridine rings is 1. The van der Waals surface area contributed by atoms with Crippen LogP contribution in [0.4, 0.5) is 4.39 Å². The monoisotopic (exact) mass is 318 g/mol. The van der Waals surface area contributed by atoms with Crippen LogP contribution in [0.5, 0.6) is 0 Å². The molecule has 0 aliphatic rings. The summed E-state index contributed by atoms with van der Waals surface area (Å²) < 4.78 is 16.1. The van der Waals surface area contributed by atoms with E-state index in [-0.39, 0.29) is 5.82 Å². The standard InChI is InChI=1S/C13H8BrFN4/c14-12-7-3-5-10(17-12)13-18-16-8-19(13)11-6-2-1-4-9(11)15/h1-8H. The summed E-state index contributed by atoms with van der Waals surface area (Å²) in [5.41, 5.74) is 1.01. The molecule has 0 fully saturated rings. The fraction of sp³-hybridized carbons (Fsp3) is 0. The summed E-state index contributed by atoms with van der Waals surface area (Å²) in [6, 6.07) is 11.9. The number of rotatable bonds is 2. The summed E-state index contributed by atoms with van der Waals surface area (Å²) in [6.07, 6.45) is 1.47. The van der Waals surface area contributed by atoms with Gasteiger partial charge in [0.05, 0.1) is 5.69 Å². The Morgan fingerprint density at radius 1 is 1.05 bits per heavy atom. The van der Waals surface area contributed by atoms with E-state index in [9.17, 15) is 4.39 Å². The first-order valence-electron chi connectivity index (χ1n) is 5.53. The Balaban J connectivity index is 2.16. The Labute approximate surface area is 117 Å². The van der Waals surface area contributed by atoms with Crippen LogP contribution in [0.1, 0.15) is 0 Å². The van der Waals surface area contributed by atoms with Crippen LogP contribution in [0, 0.1) is 5.82 Å². The van der Waals surface area contributed by atoms with Crippen molar-refractivity contribution in [3.8, 4) is 17.2 Å². The Morgan fingerprint density at radius 3 is 2.68 bits per heavy atom. The van der Waals surface area contributed by atoms with Gasteiger partial charge >= 0.3 is 0 Å². The van der Waals surface area contributed by atoms with Gasteiger partial charge in [-0.3, -0.25) is 4.57 Å². The van der Waals surface area contributed by atoms with Crippen molar-refractivity contribution in [1.82, 2.24) is 19.7 Å². The minimum absolute atomic E-state index is 0.335. The summed E-state index contributed by atoms with van der Waals surface area (Å²) in [6.45, 7) is 0. The van der Waals surface area contributed by atoms with E-state index in [2.05, 4.69) is 31.1 Å². The van der Waals surface area contributed by atoms with Crippen LogP contribution >= 0.6 is 15.9 Å². The molecule has 3 aromatic rings. The van der Waals surface area contributed by atoms with Gasteiger partial charge in [0.15, 0.2) is 5.82 Å². The Hall–Kier alpha value is -2.08. The number of nitrogens with zero attached hydrogens (tertiary/aromatic N) is 4. The summed E-state index contributed by atoms with van der Waals surface area (Å²) in [5.74, 6) is 0.157. The van der Waals surface area contributed by atoms with Gasteiger partial charge in [0.1, 0.15) is 22.4 Å². The first-order valence-corrected chi connectivity index (χ1v) is 6.33. The molecule has 3 rings (SSSR count). The van der Waals surface area contributed by atoms with E-state index < -0.39 is 0 Å². The van der Waals surface area contributed by atoms with Crippen LogP contribution in [-0.4, -0.2) is 19.7 Å². The molecular formula is C13H8BrFN4. The summed E-state index contributed by atoms with van der Waals surface area (Å²) in [5, 5.41) is 7.84. The molecule has 4 nitrogen and oxygen atoms in total. The molecule has 0 saturated carbocycles. The van der Waals surface area contributed by atoms with Gasteiger partial charge in [-0.25, -0.2) is 9.37 Å². The molecule has 0 radical (unpaired) electrons. The maximum absolute atomic E-state index is 13.8. The second kappa shape index (κ2) is 4.89. The first kappa shape index (κ1) is 12.0. The lowest BCUT2D eigenvalue weighted by atomic mass is 10.3. The van der Waals surface area contributed by atoms with Crippen LogP contribution in [0.15, 0.2) is 53.4 Å². The maximum Gasteiger partial charge on any atom is 0.187 e. The molecule has 0 aliphatic heterocycles. The minimum atomic E-state index is -0.335. The molecule has 0 aliphatic carbocycles. The number of halogens is 2. The van der Waals surface area contributed by atoms with Crippen LogP contribution in [-0.2, 0) is 0 Å². The lowest BCUT2D eigenvalue weighted by molar-refractivity contribution is 0.618. The van der Waals surface area contributed by atoms with Crippen LogP contribution < -0.4 is 0 Å². The first-order chi connectivity index (χ1) is 9.25.